The van der Waals surface area contributed by atoms with Gasteiger partial charge in [0.05, 0.1) is 18.8 Å². The number of amides is 1. The first kappa shape index (κ1) is 17.1. The van der Waals surface area contributed by atoms with E-state index in [1.165, 1.54) is 0 Å². The van der Waals surface area contributed by atoms with Gasteiger partial charge in [-0.2, -0.15) is 0 Å². The molecule has 0 aromatic carbocycles. The van der Waals surface area contributed by atoms with E-state index in [0.717, 1.165) is 0 Å². The van der Waals surface area contributed by atoms with Crippen molar-refractivity contribution in [1.82, 2.24) is 10.6 Å². The van der Waals surface area contributed by atoms with Crippen molar-refractivity contribution in [3.05, 3.63) is 0 Å². The average molecular weight is 386 g/mol. The van der Waals surface area contributed by atoms with E-state index >= 15 is 0 Å². The summed E-state index contributed by atoms with van der Waals surface area (Å²) in [5.74, 6) is -0.223. The lowest BCUT2D eigenvalue weighted by Gasteiger charge is -2.33. The van der Waals surface area contributed by atoms with E-state index in [0.29, 0.717) is 0 Å². The van der Waals surface area contributed by atoms with Crippen LogP contribution in [0.15, 0.2) is 0 Å². The van der Waals surface area contributed by atoms with Gasteiger partial charge in [0.25, 0.3) is 5.91 Å². The first-order valence-corrected chi connectivity index (χ1v) is 7.53. The van der Waals surface area contributed by atoms with E-state index in [1.807, 2.05) is 20.9 Å². The Kier molecular flexibility index (Phi) is 6.44. The Bertz CT molecular complexity index is 316. The highest BCUT2D eigenvalue weighted by Gasteiger charge is 2.59. The normalized spacial score (nSPS) is 34.8. The Labute approximate surface area is 128 Å². The van der Waals surface area contributed by atoms with Crippen molar-refractivity contribution in [2.75, 3.05) is 27.8 Å². The van der Waals surface area contributed by atoms with Crippen molar-refractivity contribution in [2.24, 2.45) is 0 Å². The summed E-state index contributed by atoms with van der Waals surface area (Å²) < 4.78 is 16.9. The number of carbonyl (C=O) groups is 1. The molecule has 0 spiro atoms. The van der Waals surface area contributed by atoms with Crippen LogP contribution in [0.5, 0.6) is 0 Å². The zero-order valence-corrected chi connectivity index (χ0v) is 14.2. The lowest BCUT2D eigenvalue weighted by atomic mass is 9.93. The second-order valence-electron chi connectivity index (χ2n) is 4.77. The molecule has 2 N–H and O–H groups in total. The predicted octanol–water partition coefficient (Wildman–Crippen LogP) is 0.291. The Morgan fingerprint density at radius 1 is 1.47 bits per heavy atom. The summed E-state index contributed by atoms with van der Waals surface area (Å²) in [7, 11) is 5.00. The Morgan fingerprint density at radius 3 is 2.53 bits per heavy atom. The van der Waals surface area contributed by atoms with Crippen molar-refractivity contribution in [1.29, 1.82) is 0 Å². The number of alkyl halides is 1. The van der Waals surface area contributed by atoms with Crippen LogP contribution in [-0.4, -0.2) is 61.7 Å². The Hall–Kier alpha value is 0.0400. The molecule has 6 nitrogen and oxygen atoms in total. The predicted molar refractivity (Wildman–Crippen MR) is 80.4 cm³/mol. The highest BCUT2D eigenvalue weighted by molar-refractivity contribution is 14.1. The number of methoxy groups -OCH3 is 1. The molecule has 1 aliphatic heterocycles. The molecule has 0 aromatic heterocycles. The molecule has 0 saturated carbocycles. The van der Waals surface area contributed by atoms with Gasteiger partial charge >= 0.3 is 0 Å². The van der Waals surface area contributed by atoms with Crippen LogP contribution >= 0.6 is 22.6 Å². The average Bonchev–Trinajstić information content (AvgIpc) is 2.67. The van der Waals surface area contributed by atoms with E-state index in [9.17, 15) is 4.79 Å². The molecule has 112 valence electrons. The highest BCUT2D eigenvalue weighted by atomic mass is 127. The lowest BCUT2D eigenvalue weighted by molar-refractivity contribution is -0.166. The molecule has 1 fully saturated rings. The third-order valence-corrected chi connectivity index (χ3v) is 4.25. The fraction of sp³-hybridized carbons (Fsp3) is 0.917. The summed E-state index contributed by atoms with van der Waals surface area (Å²) in [4.78, 5) is 12.3. The van der Waals surface area contributed by atoms with Crippen molar-refractivity contribution < 1.29 is 19.0 Å². The molecule has 0 aromatic rings. The molecule has 19 heavy (non-hydrogen) atoms. The summed E-state index contributed by atoms with van der Waals surface area (Å²) in [5, 5.41) is 5.79. The summed E-state index contributed by atoms with van der Waals surface area (Å²) >= 11 is 2.16. The molecule has 1 aliphatic rings. The van der Waals surface area contributed by atoms with Gasteiger partial charge in [0.1, 0.15) is 10.2 Å². The number of hydrogen-bond donors (Lipinski definition) is 2. The number of nitrogens with one attached hydrogen (secondary N) is 2. The third-order valence-electron chi connectivity index (χ3n) is 3.22. The molecule has 0 aliphatic carbocycles. The second-order valence-corrected chi connectivity index (χ2v) is 6.00. The maximum atomic E-state index is 12.3. The maximum Gasteiger partial charge on any atom is 0.257 e. The smallest absolute Gasteiger partial charge is 0.257 e. The lowest BCUT2D eigenvalue weighted by Crippen LogP contribution is -2.59. The molecule has 1 amide bonds. The first-order valence-electron chi connectivity index (χ1n) is 6.28. The number of likely N-dealkylation sites (N-methyl/N-ethyl adjacent to an activating group) is 2. The monoisotopic (exact) mass is 386 g/mol. The minimum atomic E-state index is -1.12. The minimum absolute atomic E-state index is 0.0175. The van der Waals surface area contributed by atoms with Gasteiger partial charge in [0, 0.05) is 14.2 Å². The molecule has 1 saturated heterocycles. The molecular weight excluding hydrogens is 363 g/mol. The zero-order chi connectivity index (χ0) is 14.6. The van der Waals surface area contributed by atoms with Gasteiger partial charge in [0.15, 0.2) is 5.60 Å². The number of hydrogen-bond acceptors (Lipinski definition) is 5. The topological polar surface area (TPSA) is 68.8 Å². The largest absolute Gasteiger partial charge is 0.376 e. The fourth-order valence-corrected chi connectivity index (χ4v) is 3.45. The SMILES string of the molecule is CNC(=O)C1(COC(C)C)OC(I)C(NC)C1OC. The number of ether oxygens (including phenoxy) is 3. The summed E-state index contributed by atoms with van der Waals surface area (Å²) in [6, 6.07) is -0.0707. The third kappa shape index (κ3) is 3.38. The van der Waals surface area contributed by atoms with E-state index in [1.54, 1.807) is 14.2 Å². The van der Waals surface area contributed by atoms with E-state index in [4.69, 9.17) is 14.2 Å². The molecule has 1 heterocycles. The van der Waals surface area contributed by atoms with Gasteiger partial charge in [-0.1, -0.05) is 0 Å². The number of halogens is 1. The van der Waals surface area contributed by atoms with E-state index in [-0.39, 0.29) is 28.8 Å². The summed E-state index contributed by atoms with van der Waals surface area (Å²) in [5.41, 5.74) is -1.12. The van der Waals surface area contributed by atoms with Gasteiger partial charge in [-0.05, 0) is 43.5 Å². The fourth-order valence-electron chi connectivity index (χ4n) is 2.25. The molecule has 1 rings (SSSR count). The standard InChI is InChI=1S/C12H23IN2O4/c1-7(2)18-6-12(11(16)15-4)9(17-5)8(14-3)10(13)19-12/h7-10,14H,6H2,1-5H3,(H,15,16). The molecule has 0 radical (unpaired) electrons. The van der Waals surface area contributed by atoms with E-state index < -0.39 is 11.7 Å². The van der Waals surface area contributed by atoms with Crippen LogP contribution in [-0.2, 0) is 19.0 Å². The Balaban J connectivity index is 3.04. The van der Waals surface area contributed by atoms with E-state index in [2.05, 4.69) is 33.2 Å². The van der Waals surface area contributed by atoms with Crippen molar-refractivity contribution in [3.8, 4) is 0 Å². The van der Waals surface area contributed by atoms with Crippen molar-refractivity contribution in [3.63, 3.8) is 0 Å². The van der Waals surface area contributed by atoms with Crippen LogP contribution < -0.4 is 10.6 Å². The van der Waals surface area contributed by atoms with Crippen LogP contribution in [0.1, 0.15) is 13.8 Å². The second kappa shape index (κ2) is 7.16. The molecule has 4 unspecified atom stereocenters. The van der Waals surface area contributed by atoms with Crippen molar-refractivity contribution >= 4 is 28.5 Å². The van der Waals surface area contributed by atoms with Gasteiger partial charge < -0.3 is 24.8 Å². The minimum Gasteiger partial charge on any atom is -0.376 e. The molecule has 0 bridgehead atoms. The quantitative estimate of drug-likeness (QED) is 0.508. The molecular formula is C12H23IN2O4. The first-order chi connectivity index (χ1) is 8.92. The zero-order valence-electron chi connectivity index (χ0n) is 12.0. The highest BCUT2D eigenvalue weighted by Crippen LogP contribution is 2.37. The molecule has 4 atom stereocenters. The van der Waals surface area contributed by atoms with Gasteiger partial charge in [-0.25, -0.2) is 0 Å². The van der Waals surface area contributed by atoms with Gasteiger partial charge in [-0.3, -0.25) is 4.79 Å². The number of rotatable bonds is 6. The van der Waals surface area contributed by atoms with Gasteiger partial charge in [0.2, 0.25) is 0 Å². The van der Waals surface area contributed by atoms with Crippen LogP contribution in [0.4, 0.5) is 0 Å². The van der Waals surface area contributed by atoms with Crippen LogP contribution in [0.25, 0.3) is 0 Å². The molecule has 7 heteroatoms. The van der Waals surface area contributed by atoms with Crippen LogP contribution in [0.3, 0.4) is 0 Å². The van der Waals surface area contributed by atoms with Crippen LogP contribution in [0, 0.1) is 0 Å². The summed E-state index contributed by atoms with van der Waals surface area (Å²) in [6.45, 7) is 4.01. The summed E-state index contributed by atoms with van der Waals surface area (Å²) in [6.07, 6.45) is -0.387. The number of carbonyl (C=O) groups excluding carboxylic acids is 1. The van der Waals surface area contributed by atoms with Gasteiger partial charge in [-0.15, -0.1) is 0 Å². The maximum absolute atomic E-state index is 12.3. The van der Waals surface area contributed by atoms with Crippen LogP contribution in [0.2, 0.25) is 0 Å². The Morgan fingerprint density at radius 2 is 2.11 bits per heavy atom. The van der Waals surface area contributed by atoms with Crippen molar-refractivity contribution in [2.45, 2.75) is 41.8 Å².